The van der Waals surface area contributed by atoms with Crippen molar-refractivity contribution in [3.05, 3.63) is 224 Å². The molecule has 3 heterocycles. The molecule has 11 rings (SSSR count). The van der Waals surface area contributed by atoms with Gasteiger partial charge in [0.1, 0.15) is 11.6 Å². The van der Waals surface area contributed by atoms with Crippen LogP contribution in [-0.4, -0.2) is 22.2 Å². The Kier molecular flexibility index (Phi) is 6.47. The van der Waals surface area contributed by atoms with Crippen LogP contribution in [-0.2, 0) is 0 Å². The Balaban J connectivity index is 1.34. The topological polar surface area (TPSA) is 22.8 Å². The number of benzene rings is 8. The van der Waals surface area contributed by atoms with Crippen molar-refractivity contribution in [1.82, 2.24) is 14.1 Å². The largest absolute Gasteiger partial charge is 0.294 e. The summed E-state index contributed by atoms with van der Waals surface area (Å²) in [6.45, 7) is 0. The molecule has 57 heavy (non-hydrogen) atoms. The van der Waals surface area contributed by atoms with Crippen molar-refractivity contribution in [2.75, 3.05) is 0 Å². The van der Waals surface area contributed by atoms with Gasteiger partial charge < -0.3 is 0 Å². The predicted molar refractivity (Wildman–Crippen MR) is 242 cm³/mol. The molecule has 0 saturated heterocycles. The lowest BCUT2D eigenvalue weighted by Gasteiger charge is -2.34. The molecule has 268 valence electrons. The Morgan fingerprint density at radius 2 is 0.702 bits per heavy atom. The fraction of sp³-hybridized carbons (Fsp3) is 0. The minimum absolute atomic E-state index is 0.000518. The number of hydrogen-bond acceptors (Lipinski definition) is 1. The number of nitrogens with zero attached hydrogens (tertiary/aromatic N) is 3. The fourth-order valence-electron chi connectivity index (χ4n) is 8.70. The standard InChI is InChI=1S/C53H37N3Si/c1-4-20-40(21-5-1)57(41-22-6-2-7-23-41,42-24-8-3-9-25-42)43-26-18-19-38(35-43)39-36-52(55-48-31-14-10-27-44(48)45-28-11-15-32-49(45)55)54-53(37-39)56-50-33-16-12-29-46(50)47-30-13-17-34-51(47)56/h1-37H/i18D,19D,26D,35D,36D,37D. The van der Waals surface area contributed by atoms with E-state index in [0.717, 1.165) is 59.2 Å². The maximum absolute atomic E-state index is 10.5. The highest BCUT2D eigenvalue weighted by Gasteiger charge is 2.41. The molecule has 0 aliphatic rings. The summed E-state index contributed by atoms with van der Waals surface area (Å²) in [5, 5.41) is 6.87. The summed E-state index contributed by atoms with van der Waals surface area (Å²) in [6, 6.07) is 60.2. The predicted octanol–water partition coefficient (Wildman–Crippen LogP) is 10.3. The van der Waals surface area contributed by atoms with Gasteiger partial charge >= 0.3 is 0 Å². The van der Waals surface area contributed by atoms with Crippen LogP contribution in [0.25, 0.3) is 66.4 Å². The van der Waals surface area contributed by atoms with Gasteiger partial charge in [-0.25, -0.2) is 4.98 Å². The van der Waals surface area contributed by atoms with Crippen molar-refractivity contribution in [2.24, 2.45) is 0 Å². The highest BCUT2D eigenvalue weighted by atomic mass is 28.3. The lowest BCUT2D eigenvalue weighted by Crippen LogP contribution is -2.74. The Morgan fingerprint density at radius 3 is 1.09 bits per heavy atom. The van der Waals surface area contributed by atoms with E-state index in [2.05, 4.69) is 0 Å². The lowest BCUT2D eigenvalue weighted by atomic mass is 10.1. The van der Waals surface area contributed by atoms with E-state index >= 15 is 0 Å². The zero-order chi connectivity index (χ0) is 43.0. The molecule has 3 aromatic heterocycles. The van der Waals surface area contributed by atoms with Gasteiger partial charge in [0.25, 0.3) is 0 Å². The van der Waals surface area contributed by atoms with Crippen LogP contribution >= 0.6 is 0 Å². The van der Waals surface area contributed by atoms with Crippen LogP contribution in [0.5, 0.6) is 0 Å². The maximum Gasteiger partial charge on any atom is 0.179 e. The van der Waals surface area contributed by atoms with E-state index in [1.54, 1.807) is 0 Å². The summed E-state index contributed by atoms with van der Waals surface area (Å²) in [5.41, 5.74) is 3.18. The molecule has 8 aromatic carbocycles. The molecule has 0 radical (unpaired) electrons. The van der Waals surface area contributed by atoms with Crippen LogP contribution < -0.4 is 20.7 Å². The van der Waals surface area contributed by atoms with E-state index in [1.165, 1.54) is 0 Å². The van der Waals surface area contributed by atoms with Gasteiger partial charge in [0.2, 0.25) is 0 Å². The van der Waals surface area contributed by atoms with Gasteiger partial charge in [-0.3, -0.25) is 9.13 Å². The Morgan fingerprint density at radius 1 is 0.351 bits per heavy atom. The normalized spacial score (nSPS) is 13.3. The molecule has 0 aliphatic heterocycles. The van der Waals surface area contributed by atoms with Gasteiger partial charge in [-0.1, -0.05) is 188 Å². The fourth-order valence-corrected chi connectivity index (χ4v) is 13.2. The third-order valence-corrected chi connectivity index (χ3v) is 15.7. The summed E-state index contributed by atoms with van der Waals surface area (Å²) in [4.78, 5) is 5.31. The first-order valence-corrected chi connectivity index (χ1v) is 21.1. The molecular weight excluding hydrogens is 707 g/mol. The monoisotopic (exact) mass is 749 g/mol. The molecule has 0 saturated carbocycles. The maximum atomic E-state index is 10.5. The lowest BCUT2D eigenvalue weighted by molar-refractivity contribution is 1.01. The minimum Gasteiger partial charge on any atom is -0.294 e. The van der Waals surface area contributed by atoms with Gasteiger partial charge in [0.05, 0.1) is 30.3 Å². The number of para-hydroxylation sites is 4. The summed E-state index contributed by atoms with van der Waals surface area (Å²) >= 11 is 0. The third kappa shape index (κ3) is 5.22. The zero-order valence-corrected chi connectivity index (χ0v) is 31.7. The van der Waals surface area contributed by atoms with Crippen molar-refractivity contribution in [3.63, 3.8) is 0 Å². The van der Waals surface area contributed by atoms with Crippen molar-refractivity contribution >= 4 is 72.4 Å². The van der Waals surface area contributed by atoms with E-state index in [0.29, 0.717) is 5.19 Å². The van der Waals surface area contributed by atoms with Crippen LogP contribution in [0.4, 0.5) is 0 Å². The molecule has 0 spiro atoms. The molecule has 0 N–H and O–H groups in total. The second kappa shape index (κ2) is 13.5. The Bertz CT molecular complexity index is 3250. The molecule has 3 nitrogen and oxygen atoms in total. The van der Waals surface area contributed by atoms with Crippen LogP contribution in [0, 0.1) is 0 Å². The first-order valence-electron chi connectivity index (χ1n) is 22.1. The van der Waals surface area contributed by atoms with Crippen molar-refractivity contribution in [3.8, 4) is 22.8 Å². The number of pyridine rings is 1. The summed E-state index contributed by atoms with van der Waals surface area (Å²) in [5.74, 6) is 0.435. The Labute approximate surface area is 340 Å². The quantitative estimate of drug-likeness (QED) is 0.118. The number of rotatable bonds is 7. The molecule has 0 bridgehead atoms. The number of hydrogen-bond donors (Lipinski definition) is 0. The molecule has 0 atom stereocenters. The second-order valence-electron chi connectivity index (χ2n) is 14.2. The van der Waals surface area contributed by atoms with Crippen LogP contribution in [0.1, 0.15) is 8.22 Å². The first kappa shape index (κ1) is 27.3. The van der Waals surface area contributed by atoms with Gasteiger partial charge in [0, 0.05) is 21.5 Å². The second-order valence-corrected chi connectivity index (χ2v) is 18.0. The van der Waals surface area contributed by atoms with Gasteiger partial charge in [-0.15, -0.1) is 0 Å². The Hall–Kier alpha value is -7.27. The summed E-state index contributed by atoms with van der Waals surface area (Å²) < 4.78 is 64.0. The zero-order valence-electron chi connectivity index (χ0n) is 36.7. The number of fused-ring (bicyclic) bond motifs is 6. The van der Waals surface area contributed by atoms with E-state index in [9.17, 15) is 8.22 Å². The van der Waals surface area contributed by atoms with Crippen molar-refractivity contribution in [1.29, 1.82) is 0 Å². The molecule has 0 fully saturated rings. The van der Waals surface area contributed by atoms with Crippen molar-refractivity contribution < 1.29 is 8.22 Å². The highest BCUT2D eigenvalue weighted by molar-refractivity contribution is 7.19. The van der Waals surface area contributed by atoms with E-state index in [4.69, 9.17) is 4.98 Å². The summed E-state index contributed by atoms with van der Waals surface area (Å²) in [6.07, 6.45) is 0. The molecular formula is C53H37N3Si. The number of aromatic nitrogens is 3. The smallest absolute Gasteiger partial charge is 0.179 e. The van der Waals surface area contributed by atoms with Gasteiger partial charge in [-0.05, 0) is 68.2 Å². The molecule has 4 heteroatoms. The van der Waals surface area contributed by atoms with E-state index in [-0.39, 0.29) is 59.0 Å². The van der Waals surface area contributed by atoms with Crippen molar-refractivity contribution in [2.45, 2.75) is 0 Å². The average Bonchev–Trinajstić information content (AvgIpc) is 3.85. The molecule has 0 unspecified atom stereocenters. The van der Waals surface area contributed by atoms with E-state index in [1.807, 2.05) is 197 Å². The average molecular weight is 750 g/mol. The molecule has 0 aliphatic carbocycles. The highest BCUT2D eigenvalue weighted by Crippen LogP contribution is 2.36. The molecule has 0 amide bonds. The SMILES string of the molecule is [2H]c1c([2H])c(-c2c([2H])c(-n3c4ccccc4c4ccccc43)nc(-n3c4ccccc4c4ccccc43)c2[2H])c([2H])c([Si](c2ccccc2)(c2ccccc2)c2ccccc2)c1[2H]. The van der Waals surface area contributed by atoms with Crippen LogP contribution in [0.2, 0.25) is 0 Å². The molecule has 11 aromatic rings. The third-order valence-electron chi connectivity index (χ3n) is 11.1. The summed E-state index contributed by atoms with van der Waals surface area (Å²) in [7, 11) is -3.65. The van der Waals surface area contributed by atoms with Crippen LogP contribution in [0.15, 0.2) is 224 Å². The first-order chi connectivity index (χ1) is 30.8. The van der Waals surface area contributed by atoms with Gasteiger partial charge in [-0.2, -0.15) is 0 Å². The van der Waals surface area contributed by atoms with Crippen LogP contribution in [0.3, 0.4) is 0 Å². The van der Waals surface area contributed by atoms with Gasteiger partial charge in [0.15, 0.2) is 8.07 Å². The minimum atomic E-state index is -3.65. The van der Waals surface area contributed by atoms with E-state index < -0.39 is 8.07 Å².